The molecule has 0 aliphatic carbocycles. The molecule has 1 spiro atoms. The number of hydrogen-bond donors (Lipinski definition) is 2. The van der Waals surface area contributed by atoms with Gasteiger partial charge in [0.2, 0.25) is 5.91 Å². The standard InChI is InChI=1S/C24H24FN3O4/c1-14(30)27-11-24(12-27)13-28(23(31)15-4-3-5-16(25)8-15)20(10-29)22-21(24)18-7-6-17(32-2)9-19(18)26-22/h3-9,20,26,29H,10-13H2,1-2H3/t20-/m1/s1. The fourth-order valence-corrected chi connectivity index (χ4v) is 5.17. The highest BCUT2D eigenvalue weighted by Crippen LogP contribution is 2.48. The van der Waals surface area contributed by atoms with Crippen LogP contribution in [-0.4, -0.2) is 65.1 Å². The molecule has 7 nitrogen and oxygen atoms in total. The Morgan fingerprint density at radius 1 is 1.22 bits per heavy atom. The van der Waals surface area contributed by atoms with Crippen LogP contribution in [0.25, 0.3) is 10.9 Å². The van der Waals surface area contributed by atoms with Crippen molar-refractivity contribution < 1.29 is 23.8 Å². The largest absolute Gasteiger partial charge is 0.497 e. The van der Waals surface area contributed by atoms with Crippen molar-refractivity contribution >= 4 is 22.7 Å². The molecule has 2 aromatic carbocycles. The highest BCUT2D eigenvalue weighted by Gasteiger charge is 2.54. The molecule has 2 N–H and O–H groups in total. The van der Waals surface area contributed by atoms with E-state index in [0.717, 1.165) is 22.2 Å². The SMILES string of the molecule is COc1ccc2c3c([nH]c2c1)[C@@H](CO)N(C(=O)c1cccc(F)c1)CC31CN(C(C)=O)C1. The van der Waals surface area contributed by atoms with Gasteiger partial charge in [-0.25, -0.2) is 4.39 Å². The first-order chi connectivity index (χ1) is 15.4. The Balaban J connectivity index is 1.66. The summed E-state index contributed by atoms with van der Waals surface area (Å²) in [6.07, 6.45) is 0. The van der Waals surface area contributed by atoms with Crippen molar-refractivity contribution in [2.24, 2.45) is 0 Å². The number of aliphatic hydroxyl groups excluding tert-OH is 1. The van der Waals surface area contributed by atoms with Gasteiger partial charge in [-0.2, -0.15) is 0 Å². The van der Waals surface area contributed by atoms with Gasteiger partial charge in [-0.1, -0.05) is 6.07 Å². The number of carbonyl (C=O) groups is 2. The van der Waals surface area contributed by atoms with E-state index in [1.165, 1.54) is 25.1 Å². The van der Waals surface area contributed by atoms with Crippen molar-refractivity contribution in [1.29, 1.82) is 0 Å². The van der Waals surface area contributed by atoms with Crippen molar-refractivity contribution in [2.75, 3.05) is 33.4 Å². The van der Waals surface area contributed by atoms with Crippen molar-refractivity contribution in [1.82, 2.24) is 14.8 Å². The Bertz CT molecular complexity index is 1230. The number of ether oxygens (including phenoxy) is 1. The number of nitrogens with one attached hydrogen (secondary N) is 1. The first-order valence-corrected chi connectivity index (χ1v) is 10.5. The van der Waals surface area contributed by atoms with E-state index in [-0.39, 0.29) is 24.0 Å². The van der Waals surface area contributed by atoms with E-state index in [2.05, 4.69) is 4.98 Å². The van der Waals surface area contributed by atoms with Gasteiger partial charge in [-0.05, 0) is 35.9 Å². The molecule has 1 fully saturated rings. The normalized spacial score (nSPS) is 19.1. The van der Waals surface area contributed by atoms with E-state index in [4.69, 9.17) is 4.74 Å². The van der Waals surface area contributed by atoms with Gasteiger partial charge in [-0.3, -0.25) is 9.59 Å². The molecule has 3 heterocycles. The van der Waals surface area contributed by atoms with Crippen molar-refractivity contribution in [3.8, 4) is 5.75 Å². The van der Waals surface area contributed by atoms with Gasteiger partial charge in [0.25, 0.3) is 5.91 Å². The lowest BCUT2D eigenvalue weighted by atomic mass is 9.68. The fourth-order valence-electron chi connectivity index (χ4n) is 5.17. The van der Waals surface area contributed by atoms with Crippen LogP contribution in [0.2, 0.25) is 0 Å². The summed E-state index contributed by atoms with van der Waals surface area (Å²) in [5.74, 6) is -0.178. The molecular weight excluding hydrogens is 413 g/mol. The van der Waals surface area contributed by atoms with Gasteiger partial charge < -0.3 is 24.6 Å². The van der Waals surface area contributed by atoms with Crippen LogP contribution in [0.1, 0.15) is 34.6 Å². The molecule has 1 aromatic heterocycles. The summed E-state index contributed by atoms with van der Waals surface area (Å²) in [6, 6.07) is 10.7. The highest BCUT2D eigenvalue weighted by molar-refractivity contribution is 5.96. The number of aromatic amines is 1. The van der Waals surface area contributed by atoms with Crippen LogP contribution in [-0.2, 0) is 10.2 Å². The third kappa shape index (κ3) is 2.97. The minimum absolute atomic E-state index is 0.0222. The molecule has 8 heteroatoms. The Kier molecular flexibility index (Phi) is 4.70. The molecule has 0 bridgehead atoms. The number of nitrogens with zero attached hydrogens (tertiary/aromatic N) is 2. The van der Waals surface area contributed by atoms with Crippen LogP contribution in [0.3, 0.4) is 0 Å². The highest BCUT2D eigenvalue weighted by atomic mass is 19.1. The summed E-state index contributed by atoms with van der Waals surface area (Å²) < 4.78 is 19.2. The zero-order chi connectivity index (χ0) is 22.6. The average Bonchev–Trinajstić information content (AvgIpc) is 3.14. The lowest BCUT2D eigenvalue weighted by molar-refractivity contribution is -0.137. The van der Waals surface area contributed by atoms with E-state index in [9.17, 15) is 19.1 Å². The van der Waals surface area contributed by atoms with Crippen molar-refractivity contribution in [3.05, 3.63) is 65.1 Å². The van der Waals surface area contributed by atoms with E-state index in [1.807, 2.05) is 18.2 Å². The minimum atomic E-state index is -0.615. The summed E-state index contributed by atoms with van der Waals surface area (Å²) in [4.78, 5) is 32.1. The second kappa shape index (κ2) is 7.34. The number of H-pyrrole nitrogens is 1. The number of benzene rings is 2. The van der Waals surface area contributed by atoms with Gasteiger partial charge in [0.05, 0.1) is 25.2 Å². The van der Waals surface area contributed by atoms with E-state index in [1.54, 1.807) is 23.0 Å². The van der Waals surface area contributed by atoms with Crippen LogP contribution < -0.4 is 4.74 Å². The van der Waals surface area contributed by atoms with Crippen molar-refractivity contribution in [3.63, 3.8) is 0 Å². The molecular formula is C24H24FN3O4. The van der Waals surface area contributed by atoms with Gasteiger partial charge in [0.1, 0.15) is 11.6 Å². The predicted octanol–water partition coefficient (Wildman–Crippen LogP) is 2.60. The number of aliphatic hydroxyl groups is 1. The second-order valence-corrected chi connectivity index (χ2v) is 8.62. The monoisotopic (exact) mass is 437 g/mol. The molecule has 2 amide bonds. The van der Waals surface area contributed by atoms with E-state index < -0.39 is 17.3 Å². The zero-order valence-corrected chi connectivity index (χ0v) is 17.9. The number of aromatic nitrogens is 1. The van der Waals surface area contributed by atoms with E-state index in [0.29, 0.717) is 25.4 Å². The third-order valence-corrected chi connectivity index (χ3v) is 6.69. The Hall–Kier alpha value is -3.39. The molecule has 1 saturated heterocycles. The summed E-state index contributed by atoms with van der Waals surface area (Å²) in [7, 11) is 1.60. The van der Waals surface area contributed by atoms with Crippen LogP contribution in [0.4, 0.5) is 4.39 Å². The average molecular weight is 437 g/mol. The fraction of sp³-hybridized carbons (Fsp3) is 0.333. The minimum Gasteiger partial charge on any atom is -0.497 e. The molecule has 2 aliphatic heterocycles. The summed E-state index contributed by atoms with van der Waals surface area (Å²) in [5.41, 5.74) is 2.36. The number of methoxy groups -OCH3 is 1. The smallest absolute Gasteiger partial charge is 0.254 e. The number of fused-ring (bicyclic) bond motifs is 4. The van der Waals surface area contributed by atoms with Gasteiger partial charge >= 0.3 is 0 Å². The maximum atomic E-state index is 13.8. The Morgan fingerprint density at radius 3 is 2.66 bits per heavy atom. The molecule has 5 rings (SSSR count). The number of halogens is 1. The van der Waals surface area contributed by atoms with Gasteiger partial charge in [-0.15, -0.1) is 0 Å². The van der Waals surface area contributed by atoms with Gasteiger partial charge in [0.15, 0.2) is 0 Å². The van der Waals surface area contributed by atoms with Crippen LogP contribution in [0, 0.1) is 5.82 Å². The molecule has 32 heavy (non-hydrogen) atoms. The Labute approximate surface area is 184 Å². The first-order valence-electron chi connectivity index (χ1n) is 10.5. The summed E-state index contributed by atoms with van der Waals surface area (Å²) in [5, 5.41) is 11.3. The van der Waals surface area contributed by atoms with E-state index >= 15 is 0 Å². The second-order valence-electron chi connectivity index (χ2n) is 8.62. The van der Waals surface area contributed by atoms with Gasteiger partial charge in [0, 0.05) is 54.8 Å². The third-order valence-electron chi connectivity index (χ3n) is 6.69. The molecule has 2 aliphatic rings. The number of hydrogen-bond acceptors (Lipinski definition) is 4. The molecule has 0 saturated carbocycles. The predicted molar refractivity (Wildman–Crippen MR) is 116 cm³/mol. The molecule has 0 radical (unpaired) electrons. The van der Waals surface area contributed by atoms with Crippen LogP contribution >= 0.6 is 0 Å². The number of amides is 2. The molecule has 3 aromatic rings. The lowest BCUT2D eigenvalue weighted by Crippen LogP contribution is -2.67. The quantitative estimate of drug-likeness (QED) is 0.660. The molecule has 0 unspecified atom stereocenters. The zero-order valence-electron chi connectivity index (χ0n) is 17.9. The maximum absolute atomic E-state index is 13.8. The Morgan fingerprint density at radius 2 is 2.00 bits per heavy atom. The number of rotatable bonds is 3. The van der Waals surface area contributed by atoms with Crippen molar-refractivity contribution in [2.45, 2.75) is 18.4 Å². The van der Waals surface area contributed by atoms with Crippen LogP contribution in [0.5, 0.6) is 5.75 Å². The molecule has 166 valence electrons. The number of carbonyl (C=O) groups excluding carboxylic acids is 2. The maximum Gasteiger partial charge on any atom is 0.254 e. The summed E-state index contributed by atoms with van der Waals surface area (Å²) >= 11 is 0. The van der Waals surface area contributed by atoms with Crippen LogP contribution in [0.15, 0.2) is 42.5 Å². The summed E-state index contributed by atoms with van der Waals surface area (Å²) in [6.45, 7) is 2.51. The molecule has 1 atom stereocenters. The first kappa shape index (κ1) is 20.5. The topological polar surface area (TPSA) is 85.9 Å². The lowest BCUT2D eigenvalue weighted by Gasteiger charge is -2.56. The number of likely N-dealkylation sites (tertiary alicyclic amines) is 1.